The van der Waals surface area contributed by atoms with Crippen molar-refractivity contribution in [3.8, 4) is 0 Å². The Balaban J connectivity index is 2.07. The molecule has 21 heavy (non-hydrogen) atoms. The molecule has 5 nitrogen and oxygen atoms in total. The van der Waals surface area contributed by atoms with Crippen molar-refractivity contribution in [1.82, 2.24) is 15.1 Å². The number of aryl methyl sites for hydroxylation is 1. The number of likely N-dealkylation sites (N-methyl/N-ethyl adjacent to an activating group) is 2. The standard InChI is InChI=1S/C16H23N3O2/c1-4-12-5-7-13(8-6-12)14(17-2)9-19-11-15(20)18(3)10-16(19)21/h5-8,14,17H,4,9-11H2,1-3H3. The number of carbonyl (C=O) groups is 2. The Morgan fingerprint density at radius 3 is 2.38 bits per heavy atom. The lowest BCUT2D eigenvalue weighted by Gasteiger charge is -2.34. The van der Waals surface area contributed by atoms with Gasteiger partial charge in [-0.3, -0.25) is 9.59 Å². The molecule has 114 valence electrons. The highest BCUT2D eigenvalue weighted by molar-refractivity contribution is 5.92. The molecule has 1 saturated heterocycles. The molecule has 1 heterocycles. The minimum Gasteiger partial charge on any atom is -0.335 e. The molecule has 1 aliphatic heterocycles. The summed E-state index contributed by atoms with van der Waals surface area (Å²) in [5.74, 6) is -0.00619. The zero-order valence-electron chi connectivity index (χ0n) is 12.9. The van der Waals surface area contributed by atoms with E-state index in [-0.39, 0.29) is 30.9 Å². The number of piperazine rings is 1. The van der Waals surface area contributed by atoms with Crippen LogP contribution in [0.25, 0.3) is 0 Å². The van der Waals surface area contributed by atoms with Crippen LogP contribution in [0.15, 0.2) is 24.3 Å². The van der Waals surface area contributed by atoms with Gasteiger partial charge < -0.3 is 15.1 Å². The van der Waals surface area contributed by atoms with Crippen molar-refractivity contribution >= 4 is 11.8 Å². The first kappa shape index (κ1) is 15.5. The van der Waals surface area contributed by atoms with Gasteiger partial charge in [-0.15, -0.1) is 0 Å². The number of hydrogen-bond acceptors (Lipinski definition) is 3. The maximum absolute atomic E-state index is 12.0. The zero-order chi connectivity index (χ0) is 15.4. The summed E-state index contributed by atoms with van der Waals surface area (Å²) in [7, 11) is 3.54. The van der Waals surface area contributed by atoms with Crippen LogP contribution in [-0.4, -0.2) is 55.3 Å². The first-order chi connectivity index (χ1) is 10.0. The van der Waals surface area contributed by atoms with Crippen LogP contribution in [0, 0.1) is 0 Å². The van der Waals surface area contributed by atoms with Gasteiger partial charge in [-0.2, -0.15) is 0 Å². The molecule has 1 N–H and O–H groups in total. The van der Waals surface area contributed by atoms with Crippen molar-refractivity contribution < 1.29 is 9.59 Å². The third-order valence-corrected chi connectivity index (χ3v) is 4.02. The largest absolute Gasteiger partial charge is 0.335 e. The monoisotopic (exact) mass is 289 g/mol. The minimum atomic E-state index is -0.00853. The maximum atomic E-state index is 12.0. The van der Waals surface area contributed by atoms with Crippen LogP contribution < -0.4 is 5.32 Å². The molecule has 1 aromatic carbocycles. The number of amides is 2. The zero-order valence-corrected chi connectivity index (χ0v) is 12.9. The van der Waals surface area contributed by atoms with E-state index >= 15 is 0 Å². The third-order valence-electron chi connectivity index (χ3n) is 4.02. The van der Waals surface area contributed by atoms with E-state index in [1.54, 1.807) is 11.9 Å². The summed E-state index contributed by atoms with van der Waals surface area (Å²) >= 11 is 0. The molecule has 2 rings (SSSR count). The molecular weight excluding hydrogens is 266 g/mol. The molecule has 1 fully saturated rings. The number of nitrogens with one attached hydrogen (secondary N) is 1. The van der Waals surface area contributed by atoms with Crippen molar-refractivity contribution in [3.05, 3.63) is 35.4 Å². The van der Waals surface area contributed by atoms with E-state index in [0.29, 0.717) is 6.54 Å². The van der Waals surface area contributed by atoms with Gasteiger partial charge in [0.15, 0.2) is 0 Å². The first-order valence-corrected chi connectivity index (χ1v) is 7.33. The van der Waals surface area contributed by atoms with E-state index in [0.717, 1.165) is 12.0 Å². The van der Waals surface area contributed by atoms with Crippen molar-refractivity contribution in [2.24, 2.45) is 0 Å². The molecule has 0 aliphatic carbocycles. The molecule has 0 bridgehead atoms. The predicted molar refractivity (Wildman–Crippen MR) is 81.8 cm³/mol. The molecular formula is C16H23N3O2. The highest BCUT2D eigenvalue weighted by atomic mass is 16.2. The predicted octanol–water partition coefficient (Wildman–Crippen LogP) is 0.810. The fraction of sp³-hybridized carbons (Fsp3) is 0.500. The molecule has 0 saturated carbocycles. The summed E-state index contributed by atoms with van der Waals surface area (Å²) in [6.45, 7) is 2.98. The van der Waals surface area contributed by atoms with E-state index < -0.39 is 0 Å². The number of hydrogen-bond donors (Lipinski definition) is 1. The quantitative estimate of drug-likeness (QED) is 0.873. The smallest absolute Gasteiger partial charge is 0.242 e. The van der Waals surface area contributed by atoms with Crippen LogP contribution in [0.5, 0.6) is 0 Å². The second-order valence-corrected chi connectivity index (χ2v) is 5.46. The number of rotatable bonds is 5. The van der Waals surface area contributed by atoms with E-state index in [2.05, 4.69) is 36.5 Å². The van der Waals surface area contributed by atoms with Gasteiger partial charge in [-0.25, -0.2) is 0 Å². The lowest BCUT2D eigenvalue weighted by molar-refractivity contribution is -0.149. The maximum Gasteiger partial charge on any atom is 0.242 e. The van der Waals surface area contributed by atoms with Crippen LogP contribution in [0.2, 0.25) is 0 Å². The van der Waals surface area contributed by atoms with Crippen LogP contribution in [0.3, 0.4) is 0 Å². The van der Waals surface area contributed by atoms with Crippen LogP contribution in [-0.2, 0) is 16.0 Å². The SMILES string of the molecule is CCc1ccc(C(CN2CC(=O)N(C)CC2=O)NC)cc1. The molecule has 0 aromatic heterocycles. The average Bonchev–Trinajstić information content (AvgIpc) is 2.50. The van der Waals surface area contributed by atoms with Gasteiger partial charge in [-0.05, 0) is 24.6 Å². The van der Waals surface area contributed by atoms with E-state index in [4.69, 9.17) is 0 Å². The molecule has 1 atom stereocenters. The number of benzene rings is 1. The van der Waals surface area contributed by atoms with Crippen molar-refractivity contribution in [1.29, 1.82) is 0 Å². The Bertz CT molecular complexity index is 513. The highest BCUT2D eigenvalue weighted by Gasteiger charge is 2.29. The molecule has 1 aliphatic rings. The Kier molecular flexibility index (Phi) is 4.96. The topological polar surface area (TPSA) is 52.7 Å². The summed E-state index contributed by atoms with van der Waals surface area (Å²) in [6, 6.07) is 8.42. The van der Waals surface area contributed by atoms with Crippen molar-refractivity contribution in [2.75, 3.05) is 33.7 Å². The molecule has 5 heteroatoms. The summed E-state index contributed by atoms with van der Waals surface area (Å²) in [4.78, 5) is 26.9. The van der Waals surface area contributed by atoms with Crippen molar-refractivity contribution in [3.63, 3.8) is 0 Å². The van der Waals surface area contributed by atoms with Crippen LogP contribution in [0.1, 0.15) is 24.1 Å². The van der Waals surface area contributed by atoms with Crippen molar-refractivity contribution in [2.45, 2.75) is 19.4 Å². The van der Waals surface area contributed by atoms with Gasteiger partial charge in [0.1, 0.15) is 0 Å². The van der Waals surface area contributed by atoms with E-state index in [1.807, 2.05) is 7.05 Å². The Hall–Kier alpha value is -1.88. The molecule has 1 aromatic rings. The van der Waals surface area contributed by atoms with Crippen LogP contribution in [0.4, 0.5) is 0 Å². The van der Waals surface area contributed by atoms with Gasteiger partial charge in [0.2, 0.25) is 11.8 Å². The van der Waals surface area contributed by atoms with Gasteiger partial charge >= 0.3 is 0 Å². The lowest BCUT2D eigenvalue weighted by atomic mass is 10.0. The van der Waals surface area contributed by atoms with Crippen LogP contribution >= 0.6 is 0 Å². The number of nitrogens with zero attached hydrogens (tertiary/aromatic N) is 2. The molecule has 0 radical (unpaired) electrons. The second kappa shape index (κ2) is 6.72. The van der Waals surface area contributed by atoms with Gasteiger partial charge in [0.25, 0.3) is 0 Å². The van der Waals surface area contributed by atoms with Gasteiger partial charge in [0.05, 0.1) is 13.1 Å². The molecule has 0 spiro atoms. The van der Waals surface area contributed by atoms with E-state index in [1.165, 1.54) is 10.5 Å². The fourth-order valence-corrected chi connectivity index (χ4v) is 2.50. The minimum absolute atomic E-state index is 0.00234. The van der Waals surface area contributed by atoms with E-state index in [9.17, 15) is 9.59 Å². The Morgan fingerprint density at radius 2 is 1.81 bits per heavy atom. The molecule has 1 unspecified atom stereocenters. The normalized spacial score (nSPS) is 17.3. The number of carbonyl (C=O) groups excluding carboxylic acids is 2. The molecule has 2 amide bonds. The third kappa shape index (κ3) is 3.61. The Morgan fingerprint density at radius 1 is 1.14 bits per heavy atom. The fourth-order valence-electron chi connectivity index (χ4n) is 2.50. The van der Waals surface area contributed by atoms with Gasteiger partial charge in [0, 0.05) is 19.6 Å². The first-order valence-electron chi connectivity index (χ1n) is 7.33. The lowest BCUT2D eigenvalue weighted by Crippen LogP contribution is -2.53. The highest BCUT2D eigenvalue weighted by Crippen LogP contribution is 2.17. The van der Waals surface area contributed by atoms with Gasteiger partial charge in [-0.1, -0.05) is 31.2 Å². The summed E-state index contributed by atoms with van der Waals surface area (Å²) in [5, 5.41) is 3.23. The Labute approximate surface area is 125 Å². The second-order valence-electron chi connectivity index (χ2n) is 5.46. The summed E-state index contributed by atoms with van der Waals surface area (Å²) < 4.78 is 0. The summed E-state index contributed by atoms with van der Waals surface area (Å²) in [5.41, 5.74) is 2.42. The average molecular weight is 289 g/mol. The summed E-state index contributed by atoms with van der Waals surface area (Å²) in [6.07, 6.45) is 1.01.